The molecule has 2 amide bonds. The minimum atomic E-state index is -0.972. The third-order valence-corrected chi connectivity index (χ3v) is 4.98. The van der Waals surface area contributed by atoms with Crippen molar-refractivity contribution in [1.82, 2.24) is 5.32 Å². The van der Waals surface area contributed by atoms with Crippen LogP contribution in [0, 0.1) is 5.41 Å². The topological polar surface area (TPSA) is 79.9 Å². The van der Waals surface area contributed by atoms with E-state index in [4.69, 9.17) is 9.47 Å². The maximum absolute atomic E-state index is 12.6. The van der Waals surface area contributed by atoms with E-state index < -0.39 is 5.41 Å². The molecule has 29 heavy (non-hydrogen) atoms. The van der Waals surface area contributed by atoms with Crippen LogP contribution in [0.15, 0.2) is 48.5 Å². The smallest absolute Gasteiger partial charge is 0.240 e. The maximum Gasteiger partial charge on any atom is 0.240 e. The fourth-order valence-electron chi connectivity index (χ4n) is 2.95. The summed E-state index contributed by atoms with van der Waals surface area (Å²) in [7, 11) is 5.51. The molecule has 2 aromatic rings. The van der Waals surface area contributed by atoms with Gasteiger partial charge in [-0.2, -0.15) is 0 Å². The molecule has 0 unspecified atom stereocenters. The number of nitrogens with zero attached hydrogens (tertiary/aromatic N) is 1. The Morgan fingerprint density at radius 2 is 1.59 bits per heavy atom. The first-order chi connectivity index (χ1) is 13.9. The number of nitrogens with one attached hydrogen (secondary N) is 2. The van der Waals surface area contributed by atoms with E-state index in [1.54, 1.807) is 19.2 Å². The Kier molecular flexibility index (Phi) is 6.26. The van der Waals surface area contributed by atoms with Gasteiger partial charge in [-0.05, 0) is 61.4 Å². The average molecular weight is 397 g/mol. The normalized spacial score (nSPS) is 13.9. The molecule has 0 saturated heterocycles. The molecule has 0 heterocycles. The van der Waals surface area contributed by atoms with Gasteiger partial charge in [-0.15, -0.1) is 0 Å². The number of anilines is 2. The zero-order valence-corrected chi connectivity index (χ0v) is 17.0. The first-order valence-corrected chi connectivity index (χ1v) is 9.58. The van der Waals surface area contributed by atoms with Crippen LogP contribution in [0.5, 0.6) is 11.5 Å². The molecule has 3 rings (SSSR count). The highest BCUT2D eigenvalue weighted by Crippen LogP contribution is 2.46. The summed E-state index contributed by atoms with van der Waals surface area (Å²) in [4.78, 5) is 27.2. The standard InChI is InChI=1S/C22H27N3O4/c1-25(2)17-6-4-16(5-7-17)24-21(27)22(12-13-22)20(26)23-14-15-29-19-10-8-18(28-3)9-11-19/h4-11H,12-15H2,1-3H3,(H,23,26)(H,24,27). The summed E-state index contributed by atoms with van der Waals surface area (Å²) in [6, 6.07) is 14.7. The number of ether oxygens (including phenoxy) is 2. The molecule has 1 aliphatic rings. The van der Waals surface area contributed by atoms with E-state index in [2.05, 4.69) is 10.6 Å². The fourth-order valence-corrected chi connectivity index (χ4v) is 2.95. The fraction of sp³-hybridized carbons (Fsp3) is 0.364. The predicted octanol–water partition coefficient (Wildman–Crippen LogP) is 2.68. The van der Waals surface area contributed by atoms with E-state index in [0.717, 1.165) is 11.4 Å². The zero-order chi connectivity index (χ0) is 20.9. The summed E-state index contributed by atoms with van der Waals surface area (Å²) in [5.41, 5.74) is 0.751. The van der Waals surface area contributed by atoms with Crippen molar-refractivity contribution in [3.8, 4) is 11.5 Å². The van der Waals surface area contributed by atoms with Gasteiger partial charge in [0, 0.05) is 25.5 Å². The van der Waals surface area contributed by atoms with Crippen molar-refractivity contribution in [2.24, 2.45) is 5.41 Å². The molecular weight excluding hydrogens is 370 g/mol. The molecule has 7 heteroatoms. The number of methoxy groups -OCH3 is 1. The average Bonchev–Trinajstić information content (AvgIpc) is 3.54. The number of hydrogen-bond donors (Lipinski definition) is 2. The molecular formula is C22H27N3O4. The number of carbonyl (C=O) groups is 2. The SMILES string of the molecule is COc1ccc(OCCNC(=O)C2(C(=O)Nc3ccc(N(C)C)cc3)CC2)cc1. The van der Waals surface area contributed by atoms with Gasteiger partial charge in [-0.1, -0.05) is 0 Å². The molecule has 0 radical (unpaired) electrons. The van der Waals surface area contributed by atoms with Crippen LogP contribution in [0.4, 0.5) is 11.4 Å². The summed E-state index contributed by atoms with van der Waals surface area (Å²) in [5, 5.41) is 5.67. The van der Waals surface area contributed by atoms with Crippen molar-refractivity contribution in [1.29, 1.82) is 0 Å². The quantitative estimate of drug-likeness (QED) is 0.502. The van der Waals surface area contributed by atoms with Crippen LogP contribution in [0.3, 0.4) is 0 Å². The van der Waals surface area contributed by atoms with Gasteiger partial charge >= 0.3 is 0 Å². The molecule has 154 valence electrons. The molecule has 1 fully saturated rings. The first kappa shape index (κ1) is 20.5. The second-order valence-electron chi connectivity index (χ2n) is 7.26. The lowest BCUT2D eigenvalue weighted by Crippen LogP contribution is -2.41. The molecule has 0 aromatic heterocycles. The van der Waals surface area contributed by atoms with Gasteiger partial charge in [0.2, 0.25) is 11.8 Å². The second kappa shape index (κ2) is 8.86. The Hall–Kier alpha value is -3.22. The largest absolute Gasteiger partial charge is 0.497 e. The van der Waals surface area contributed by atoms with Crippen molar-refractivity contribution in [2.45, 2.75) is 12.8 Å². The van der Waals surface area contributed by atoms with Crippen LogP contribution in [0.25, 0.3) is 0 Å². The van der Waals surface area contributed by atoms with Crippen molar-refractivity contribution >= 4 is 23.2 Å². The third-order valence-electron chi connectivity index (χ3n) is 4.98. The van der Waals surface area contributed by atoms with Crippen LogP contribution in [0.2, 0.25) is 0 Å². The number of benzene rings is 2. The minimum absolute atomic E-state index is 0.252. The van der Waals surface area contributed by atoms with E-state index in [0.29, 0.717) is 37.4 Å². The Morgan fingerprint density at radius 3 is 2.14 bits per heavy atom. The van der Waals surface area contributed by atoms with Gasteiger partial charge in [0.05, 0.1) is 13.7 Å². The van der Waals surface area contributed by atoms with Gasteiger partial charge in [-0.3, -0.25) is 9.59 Å². The van der Waals surface area contributed by atoms with Crippen molar-refractivity contribution in [3.63, 3.8) is 0 Å². The summed E-state index contributed by atoms with van der Waals surface area (Å²) in [6.07, 6.45) is 1.11. The van der Waals surface area contributed by atoms with Gasteiger partial charge in [0.25, 0.3) is 0 Å². The van der Waals surface area contributed by atoms with Gasteiger partial charge in [-0.25, -0.2) is 0 Å². The molecule has 2 N–H and O–H groups in total. The van der Waals surface area contributed by atoms with Crippen molar-refractivity contribution < 1.29 is 19.1 Å². The summed E-state index contributed by atoms with van der Waals surface area (Å²) in [6.45, 7) is 0.652. The second-order valence-corrected chi connectivity index (χ2v) is 7.26. The van der Waals surface area contributed by atoms with E-state index in [9.17, 15) is 9.59 Å². The Morgan fingerprint density at radius 1 is 0.966 bits per heavy atom. The molecule has 7 nitrogen and oxygen atoms in total. The lowest BCUT2D eigenvalue weighted by molar-refractivity contribution is -0.134. The van der Waals surface area contributed by atoms with Crippen LogP contribution < -0.4 is 25.0 Å². The minimum Gasteiger partial charge on any atom is -0.497 e. The Bertz CT molecular complexity index is 843. The molecule has 0 spiro atoms. The summed E-state index contributed by atoms with van der Waals surface area (Å²) < 4.78 is 10.7. The highest BCUT2D eigenvalue weighted by molar-refractivity contribution is 6.13. The van der Waals surface area contributed by atoms with E-state index in [1.165, 1.54) is 0 Å². The Balaban J connectivity index is 1.46. The van der Waals surface area contributed by atoms with E-state index in [-0.39, 0.29) is 11.8 Å². The molecule has 1 saturated carbocycles. The molecule has 0 aliphatic heterocycles. The monoisotopic (exact) mass is 397 g/mol. The highest BCUT2D eigenvalue weighted by Gasteiger charge is 2.56. The molecule has 2 aromatic carbocycles. The summed E-state index contributed by atoms with van der Waals surface area (Å²) in [5.74, 6) is 0.936. The predicted molar refractivity (Wildman–Crippen MR) is 113 cm³/mol. The van der Waals surface area contributed by atoms with Crippen LogP contribution >= 0.6 is 0 Å². The zero-order valence-electron chi connectivity index (χ0n) is 17.0. The van der Waals surface area contributed by atoms with Gasteiger partial charge in [0.15, 0.2) is 0 Å². The third kappa shape index (κ3) is 4.99. The maximum atomic E-state index is 12.6. The van der Waals surface area contributed by atoms with Crippen LogP contribution in [-0.4, -0.2) is 46.2 Å². The van der Waals surface area contributed by atoms with Crippen LogP contribution in [-0.2, 0) is 9.59 Å². The lowest BCUT2D eigenvalue weighted by Gasteiger charge is -2.17. The Labute approximate surface area is 171 Å². The first-order valence-electron chi connectivity index (χ1n) is 9.58. The van der Waals surface area contributed by atoms with Crippen molar-refractivity contribution in [3.05, 3.63) is 48.5 Å². The molecule has 0 atom stereocenters. The van der Waals surface area contributed by atoms with Gasteiger partial charge in [0.1, 0.15) is 23.5 Å². The number of carbonyl (C=O) groups excluding carboxylic acids is 2. The summed E-state index contributed by atoms with van der Waals surface area (Å²) >= 11 is 0. The van der Waals surface area contributed by atoms with Crippen molar-refractivity contribution in [2.75, 3.05) is 44.6 Å². The molecule has 0 bridgehead atoms. The van der Waals surface area contributed by atoms with E-state index in [1.807, 2.05) is 55.4 Å². The number of amides is 2. The van der Waals surface area contributed by atoms with E-state index >= 15 is 0 Å². The highest BCUT2D eigenvalue weighted by atomic mass is 16.5. The lowest BCUT2D eigenvalue weighted by atomic mass is 10.1. The van der Waals surface area contributed by atoms with Crippen LogP contribution in [0.1, 0.15) is 12.8 Å². The number of rotatable bonds is 9. The molecule has 1 aliphatic carbocycles. The van der Waals surface area contributed by atoms with Gasteiger partial charge < -0.3 is 25.0 Å². The number of hydrogen-bond acceptors (Lipinski definition) is 5.